The Bertz CT molecular complexity index is 475. The number of nitrogens with zero attached hydrogens (tertiary/aromatic N) is 3. The van der Waals surface area contributed by atoms with Crippen molar-refractivity contribution in [2.24, 2.45) is 0 Å². The molecule has 1 rings (SSSR count). The van der Waals surface area contributed by atoms with Crippen molar-refractivity contribution in [2.75, 3.05) is 27.2 Å². The average molecular weight is 366 g/mol. The van der Waals surface area contributed by atoms with Gasteiger partial charge in [0.05, 0.1) is 0 Å². The molecule has 1 fully saturated rings. The minimum Gasteiger partial charge on any atom is -0.377 e. The topological polar surface area (TPSA) is 26.8 Å². The molecule has 0 bridgehead atoms. The minimum absolute atomic E-state index is 0.0328. The van der Waals surface area contributed by atoms with Gasteiger partial charge in [-0.05, 0) is 43.4 Å². The Hall–Kier alpha value is -1.36. The zero-order chi connectivity index (χ0) is 18.7. The first-order valence-electron chi connectivity index (χ1n) is 9.71. The van der Waals surface area contributed by atoms with Gasteiger partial charge in [0, 0.05) is 27.2 Å². The molecule has 1 aliphatic rings. The van der Waals surface area contributed by atoms with E-state index in [1.54, 1.807) is 11.9 Å². The lowest BCUT2D eigenvalue weighted by molar-refractivity contribution is -0.121. The van der Waals surface area contributed by atoms with Crippen LogP contribution >= 0.6 is 12.2 Å². The van der Waals surface area contributed by atoms with Crippen molar-refractivity contribution in [3.8, 4) is 0 Å². The average Bonchev–Trinajstić information content (AvgIpc) is 2.79. The molecule has 1 saturated heterocycles. The van der Waals surface area contributed by atoms with Gasteiger partial charge in [-0.15, -0.1) is 0 Å². The molecule has 0 aromatic heterocycles. The first-order chi connectivity index (χ1) is 12.0. The zero-order valence-corrected chi connectivity index (χ0v) is 17.3. The molecular weight excluding hydrogens is 330 g/mol. The predicted octanol–water partition coefficient (Wildman–Crippen LogP) is 4.54. The van der Waals surface area contributed by atoms with E-state index in [2.05, 4.69) is 24.9 Å². The number of carbonyl (C=O) groups excluding carboxylic acids is 1. The summed E-state index contributed by atoms with van der Waals surface area (Å²) in [5.41, 5.74) is 0.640. The van der Waals surface area contributed by atoms with Gasteiger partial charge in [-0.25, -0.2) is 0 Å². The van der Waals surface area contributed by atoms with Crippen molar-refractivity contribution < 1.29 is 4.79 Å². The molecule has 1 amide bonds. The predicted molar refractivity (Wildman–Crippen MR) is 110 cm³/mol. The fraction of sp³-hybridized carbons (Fsp3) is 0.700. The maximum Gasteiger partial charge on any atom is 0.276 e. The zero-order valence-electron chi connectivity index (χ0n) is 16.5. The summed E-state index contributed by atoms with van der Waals surface area (Å²) in [6, 6.07) is 0. The lowest BCUT2D eigenvalue weighted by Crippen LogP contribution is -2.26. The first kappa shape index (κ1) is 21.7. The summed E-state index contributed by atoms with van der Waals surface area (Å²) in [5, 5.41) is 0.556. The number of hydrogen-bond acceptors (Lipinski definition) is 3. The van der Waals surface area contributed by atoms with Crippen LogP contribution in [0, 0.1) is 0 Å². The molecule has 1 heterocycles. The van der Waals surface area contributed by atoms with Gasteiger partial charge in [0.2, 0.25) is 0 Å². The maximum atomic E-state index is 12.2. The number of likely N-dealkylation sites (N-methyl/N-ethyl adjacent to an activating group) is 2. The van der Waals surface area contributed by atoms with Gasteiger partial charge >= 0.3 is 0 Å². The number of rotatable bonds is 12. The summed E-state index contributed by atoms with van der Waals surface area (Å²) in [7, 11) is 3.57. The lowest BCUT2D eigenvalue weighted by Gasteiger charge is -2.20. The van der Waals surface area contributed by atoms with Gasteiger partial charge in [-0.2, -0.15) is 0 Å². The molecular formula is C20H35N3OS. The van der Waals surface area contributed by atoms with E-state index in [4.69, 9.17) is 12.2 Å². The van der Waals surface area contributed by atoms with Gasteiger partial charge in [-0.1, -0.05) is 52.4 Å². The second kappa shape index (κ2) is 12.1. The van der Waals surface area contributed by atoms with Crippen molar-refractivity contribution in [2.45, 2.75) is 65.2 Å². The molecule has 0 unspecified atom stereocenters. The van der Waals surface area contributed by atoms with Gasteiger partial charge in [0.15, 0.2) is 5.11 Å². The fourth-order valence-corrected chi connectivity index (χ4v) is 3.09. The molecule has 0 atom stereocenters. The van der Waals surface area contributed by atoms with Gasteiger partial charge in [-0.3, -0.25) is 9.69 Å². The number of carbonyl (C=O) groups is 1. The summed E-state index contributed by atoms with van der Waals surface area (Å²) in [6.07, 6.45) is 16.2. The maximum absolute atomic E-state index is 12.2. The van der Waals surface area contributed by atoms with E-state index in [0.29, 0.717) is 10.8 Å². The van der Waals surface area contributed by atoms with Gasteiger partial charge in [0.25, 0.3) is 5.91 Å². The van der Waals surface area contributed by atoms with E-state index >= 15 is 0 Å². The highest BCUT2D eigenvalue weighted by molar-refractivity contribution is 7.80. The van der Waals surface area contributed by atoms with E-state index in [0.717, 1.165) is 13.1 Å². The highest BCUT2D eigenvalue weighted by Gasteiger charge is 2.32. The molecule has 0 aliphatic carbocycles. The van der Waals surface area contributed by atoms with Crippen molar-refractivity contribution in [1.82, 2.24) is 14.7 Å². The lowest BCUT2D eigenvalue weighted by atomic mass is 10.2. The first-order valence-corrected chi connectivity index (χ1v) is 10.1. The number of allylic oxidation sites excluding steroid dienone is 2. The number of thiocarbonyl (C=S) groups is 1. The van der Waals surface area contributed by atoms with Crippen molar-refractivity contribution in [1.29, 1.82) is 0 Å². The van der Waals surface area contributed by atoms with E-state index in [-0.39, 0.29) is 5.91 Å². The number of amides is 1. The molecule has 1 aliphatic heterocycles. The molecule has 0 radical (unpaired) electrons. The Morgan fingerprint density at radius 3 is 1.92 bits per heavy atom. The van der Waals surface area contributed by atoms with Crippen LogP contribution in [-0.4, -0.2) is 52.9 Å². The Morgan fingerprint density at radius 2 is 1.48 bits per heavy atom. The minimum atomic E-state index is -0.0328. The van der Waals surface area contributed by atoms with Crippen LogP contribution < -0.4 is 0 Å². The van der Waals surface area contributed by atoms with Crippen molar-refractivity contribution in [3.05, 3.63) is 24.0 Å². The van der Waals surface area contributed by atoms with Crippen molar-refractivity contribution >= 4 is 23.2 Å². The summed E-state index contributed by atoms with van der Waals surface area (Å²) >= 11 is 5.24. The normalized spacial score (nSPS) is 16.7. The SMILES string of the molecule is CCCCCCN(/C=C/C=C1\C(=O)N(C)C(=S)N1C)CCCCCC. The highest BCUT2D eigenvalue weighted by Crippen LogP contribution is 2.17. The summed E-state index contributed by atoms with van der Waals surface area (Å²) in [5.74, 6) is -0.0328. The van der Waals surface area contributed by atoms with E-state index < -0.39 is 0 Å². The van der Waals surface area contributed by atoms with Crippen LogP contribution in [0.15, 0.2) is 24.0 Å². The third-order valence-electron chi connectivity index (χ3n) is 4.61. The van der Waals surface area contributed by atoms with Crippen LogP contribution in [0.3, 0.4) is 0 Å². The van der Waals surface area contributed by atoms with Gasteiger partial charge < -0.3 is 9.80 Å². The van der Waals surface area contributed by atoms with Crippen LogP contribution in [-0.2, 0) is 4.79 Å². The molecule has 142 valence electrons. The monoisotopic (exact) mass is 365 g/mol. The quantitative estimate of drug-likeness (QED) is 0.288. The second-order valence-corrected chi connectivity index (χ2v) is 7.12. The Balaban J connectivity index is 2.61. The molecule has 0 saturated carbocycles. The number of hydrogen-bond donors (Lipinski definition) is 0. The molecule has 4 nitrogen and oxygen atoms in total. The molecule has 0 N–H and O–H groups in total. The van der Waals surface area contributed by atoms with Crippen molar-refractivity contribution in [3.63, 3.8) is 0 Å². The molecule has 5 heteroatoms. The molecule has 25 heavy (non-hydrogen) atoms. The smallest absolute Gasteiger partial charge is 0.276 e. The Morgan fingerprint density at radius 1 is 0.920 bits per heavy atom. The Labute approximate surface area is 159 Å². The largest absolute Gasteiger partial charge is 0.377 e. The molecule has 0 aromatic rings. The third kappa shape index (κ3) is 7.18. The van der Waals surface area contributed by atoms with Crippen LogP contribution in [0.1, 0.15) is 65.2 Å². The standard InChI is InChI=1S/C20H35N3OS/c1-5-7-9-11-15-23(16-12-10-8-6-2)17-13-14-18-19(24)22(4)20(25)21(18)3/h13-14,17H,5-12,15-16H2,1-4H3/b17-13+,18-14+. The molecule has 0 spiro atoms. The van der Waals surface area contributed by atoms with Crippen LogP contribution in [0.25, 0.3) is 0 Å². The third-order valence-corrected chi connectivity index (χ3v) is 5.16. The van der Waals surface area contributed by atoms with E-state index in [9.17, 15) is 4.79 Å². The van der Waals surface area contributed by atoms with E-state index in [1.165, 1.54) is 56.3 Å². The van der Waals surface area contributed by atoms with Crippen LogP contribution in [0.5, 0.6) is 0 Å². The van der Waals surface area contributed by atoms with E-state index in [1.807, 2.05) is 19.2 Å². The highest BCUT2D eigenvalue weighted by atomic mass is 32.1. The number of unbranched alkanes of at least 4 members (excludes halogenated alkanes) is 6. The van der Waals surface area contributed by atoms with Crippen LogP contribution in [0.4, 0.5) is 0 Å². The fourth-order valence-electron chi connectivity index (χ4n) is 2.91. The van der Waals surface area contributed by atoms with Crippen LogP contribution in [0.2, 0.25) is 0 Å². The summed E-state index contributed by atoms with van der Waals surface area (Å²) in [6.45, 7) is 6.66. The second-order valence-electron chi connectivity index (χ2n) is 6.76. The molecule has 0 aromatic carbocycles. The summed E-state index contributed by atoms with van der Waals surface area (Å²) < 4.78 is 0. The Kier molecular flexibility index (Phi) is 10.5. The summed E-state index contributed by atoms with van der Waals surface area (Å²) in [4.78, 5) is 17.9. The van der Waals surface area contributed by atoms with Gasteiger partial charge in [0.1, 0.15) is 5.70 Å².